The van der Waals surface area contributed by atoms with Gasteiger partial charge in [-0.15, -0.1) is 0 Å². The van der Waals surface area contributed by atoms with Gasteiger partial charge in [0.25, 0.3) is 0 Å². The molecule has 2 aliphatic carbocycles. The smallest absolute Gasteiger partial charge is 0.175 e. The van der Waals surface area contributed by atoms with Gasteiger partial charge in [0.2, 0.25) is 0 Å². The molecule has 1 fully saturated rings. The standard InChI is InChI=1S/C9H8BrClO2/c10-7-8(12)5-2-1-4(11)3-6(5)9(7)13/h1-2,6-7,9,13H,3H2. The van der Waals surface area contributed by atoms with Gasteiger partial charge < -0.3 is 5.11 Å². The molecule has 3 atom stereocenters. The van der Waals surface area contributed by atoms with E-state index in [4.69, 9.17) is 11.6 Å². The van der Waals surface area contributed by atoms with Crippen molar-refractivity contribution in [1.29, 1.82) is 0 Å². The molecule has 70 valence electrons. The number of halogens is 2. The molecule has 0 radical (unpaired) electrons. The van der Waals surface area contributed by atoms with Crippen LogP contribution in [0.15, 0.2) is 22.8 Å². The highest BCUT2D eigenvalue weighted by Crippen LogP contribution is 2.40. The van der Waals surface area contributed by atoms with Crippen molar-refractivity contribution in [3.8, 4) is 0 Å². The fourth-order valence-corrected chi connectivity index (χ4v) is 2.64. The van der Waals surface area contributed by atoms with Gasteiger partial charge in [-0.3, -0.25) is 4.79 Å². The molecule has 1 saturated carbocycles. The van der Waals surface area contributed by atoms with E-state index in [1.807, 2.05) is 0 Å². The van der Waals surface area contributed by atoms with Crippen LogP contribution in [0, 0.1) is 5.92 Å². The Balaban J connectivity index is 2.37. The first-order valence-electron chi connectivity index (χ1n) is 4.04. The van der Waals surface area contributed by atoms with Crippen LogP contribution in [0.3, 0.4) is 0 Å². The fourth-order valence-electron chi connectivity index (χ4n) is 1.78. The Morgan fingerprint density at radius 2 is 2.23 bits per heavy atom. The van der Waals surface area contributed by atoms with Crippen LogP contribution in [0.4, 0.5) is 0 Å². The number of hydrogen-bond donors (Lipinski definition) is 1. The number of hydrogen-bond acceptors (Lipinski definition) is 2. The first-order chi connectivity index (χ1) is 6.11. The predicted molar refractivity (Wildman–Crippen MR) is 53.9 cm³/mol. The second kappa shape index (κ2) is 3.23. The Kier molecular flexibility index (Phi) is 2.34. The van der Waals surface area contributed by atoms with Gasteiger partial charge in [0.05, 0.1) is 6.10 Å². The third kappa shape index (κ3) is 1.39. The first-order valence-corrected chi connectivity index (χ1v) is 5.33. The summed E-state index contributed by atoms with van der Waals surface area (Å²) in [6, 6.07) is 0. The lowest BCUT2D eigenvalue weighted by molar-refractivity contribution is -0.114. The maximum absolute atomic E-state index is 11.5. The quantitative estimate of drug-likeness (QED) is 0.676. The highest BCUT2D eigenvalue weighted by molar-refractivity contribution is 9.10. The maximum atomic E-state index is 11.5. The highest BCUT2D eigenvalue weighted by Gasteiger charge is 2.44. The van der Waals surface area contributed by atoms with E-state index in [2.05, 4.69) is 15.9 Å². The number of ketones is 1. The number of Topliss-reactive ketones (excluding diaryl/α,β-unsaturated/α-hetero) is 1. The van der Waals surface area contributed by atoms with Crippen molar-refractivity contribution in [2.75, 3.05) is 0 Å². The van der Waals surface area contributed by atoms with E-state index in [0.29, 0.717) is 17.0 Å². The summed E-state index contributed by atoms with van der Waals surface area (Å²) in [6.07, 6.45) is 3.37. The first kappa shape index (κ1) is 9.44. The number of allylic oxidation sites excluding steroid dienone is 3. The molecular formula is C9H8BrClO2. The number of alkyl halides is 1. The van der Waals surface area contributed by atoms with Gasteiger partial charge in [-0.2, -0.15) is 0 Å². The summed E-state index contributed by atoms with van der Waals surface area (Å²) in [7, 11) is 0. The molecule has 4 heteroatoms. The fraction of sp³-hybridized carbons (Fsp3) is 0.444. The third-order valence-electron chi connectivity index (χ3n) is 2.51. The molecule has 2 nitrogen and oxygen atoms in total. The molecule has 13 heavy (non-hydrogen) atoms. The summed E-state index contributed by atoms with van der Waals surface area (Å²) in [6.45, 7) is 0. The van der Waals surface area contributed by atoms with Crippen LogP contribution in [-0.4, -0.2) is 21.8 Å². The number of fused-ring (bicyclic) bond motifs is 1. The normalized spacial score (nSPS) is 38.4. The minimum Gasteiger partial charge on any atom is -0.391 e. The van der Waals surface area contributed by atoms with Gasteiger partial charge in [0, 0.05) is 16.5 Å². The Morgan fingerprint density at radius 3 is 2.92 bits per heavy atom. The number of rotatable bonds is 0. The molecule has 0 aliphatic heterocycles. The second-order valence-electron chi connectivity index (χ2n) is 3.30. The molecule has 0 heterocycles. The van der Waals surface area contributed by atoms with Gasteiger partial charge in [0.15, 0.2) is 5.78 Å². The average molecular weight is 264 g/mol. The van der Waals surface area contributed by atoms with E-state index >= 15 is 0 Å². The van der Waals surface area contributed by atoms with Gasteiger partial charge in [-0.1, -0.05) is 33.6 Å². The number of carbonyl (C=O) groups is 1. The Bertz CT molecular complexity index is 322. The van der Waals surface area contributed by atoms with Crippen LogP contribution >= 0.6 is 27.5 Å². The summed E-state index contributed by atoms with van der Waals surface area (Å²) < 4.78 is 0. The van der Waals surface area contributed by atoms with E-state index in [0.717, 1.165) is 0 Å². The zero-order valence-electron chi connectivity index (χ0n) is 6.71. The van der Waals surface area contributed by atoms with E-state index in [1.54, 1.807) is 12.2 Å². The second-order valence-corrected chi connectivity index (χ2v) is 4.77. The van der Waals surface area contributed by atoms with Gasteiger partial charge in [-0.25, -0.2) is 0 Å². The number of aliphatic hydroxyl groups excluding tert-OH is 1. The van der Waals surface area contributed by atoms with E-state index in [1.165, 1.54) is 0 Å². The van der Waals surface area contributed by atoms with Crippen molar-refractivity contribution in [2.24, 2.45) is 5.92 Å². The van der Waals surface area contributed by atoms with Crippen molar-refractivity contribution in [2.45, 2.75) is 17.4 Å². The summed E-state index contributed by atoms with van der Waals surface area (Å²) in [5.74, 6) is -0.132. The third-order valence-corrected chi connectivity index (χ3v) is 3.74. The van der Waals surface area contributed by atoms with E-state index in [9.17, 15) is 9.90 Å². The van der Waals surface area contributed by atoms with Gasteiger partial charge in [-0.05, 0) is 12.5 Å². The average Bonchev–Trinajstić information content (AvgIpc) is 2.32. The van der Waals surface area contributed by atoms with Crippen LogP contribution in [0.5, 0.6) is 0 Å². The maximum Gasteiger partial charge on any atom is 0.175 e. The molecule has 2 aliphatic rings. The molecule has 0 bridgehead atoms. The van der Waals surface area contributed by atoms with E-state index in [-0.39, 0.29) is 11.7 Å². The minimum absolute atomic E-state index is 0.0158. The number of carbonyl (C=O) groups excluding carboxylic acids is 1. The van der Waals surface area contributed by atoms with Crippen molar-refractivity contribution in [1.82, 2.24) is 0 Å². The lowest BCUT2D eigenvalue weighted by Gasteiger charge is -2.17. The largest absolute Gasteiger partial charge is 0.391 e. The minimum atomic E-state index is -0.638. The lowest BCUT2D eigenvalue weighted by atomic mass is 9.93. The molecule has 2 rings (SSSR count). The Hall–Kier alpha value is -0.120. The monoisotopic (exact) mass is 262 g/mol. The molecular weight excluding hydrogens is 255 g/mol. The molecule has 1 N–H and O–H groups in total. The topological polar surface area (TPSA) is 37.3 Å². The van der Waals surface area contributed by atoms with Crippen molar-refractivity contribution >= 4 is 33.3 Å². The van der Waals surface area contributed by atoms with Crippen LogP contribution < -0.4 is 0 Å². The lowest BCUT2D eigenvalue weighted by Crippen LogP contribution is -2.23. The van der Waals surface area contributed by atoms with Crippen molar-refractivity contribution in [3.05, 3.63) is 22.8 Å². The molecule has 3 unspecified atom stereocenters. The molecule has 0 saturated heterocycles. The molecule has 0 aromatic carbocycles. The Labute approximate surface area is 89.4 Å². The molecule has 0 spiro atoms. The van der Waals surface area contributed by atoms with Crippen molar-refractivity contribution < 1.29 is 9.90 Å². The van der Waals surface area contributed by atoms with Crippen LogP contribution in [0.2, 0.25) is 0 Å². The Morgan fingerprint density at radius 1 is 1.54 bits per heavy atom. The molecule has 0 aromatic heterocycles. The van der Waals surface area contributed by atoms with Crippen molar-refractivity contribution in [3.63, 3.8) is 0 Å². The predicted octanol–water partition coefficient (Wildman–Crippen LogP) is 1.76. The summed E-state index contributed by atoms with van der Waals surface area (Å²) in [5, 5.41) is 10.4. The van der Waals surface area contributed by atoms with Crippen LogP contribution in [0.25, 0.3) is 0 Å². The van der Waals surface area contributed by atoms with Crippen LogP contribution in [-0.2, 0) is 4.79 Å². The highest BCUT2D eigenvalue weighted by atomic mass is 79.9. The van der Waals surface area contributed by atoms with E-state index < -0.39 is 10.9 Å². The summed E-state index contributed by atoms with van der Waals surface area (Å²) >= 11 is 9.00. The zero-order valence-corrected chi connectivity index (χ0v) is 9.05. The molecule has 0 amide bonds. The summed E-state index contributed by atoms with van der Waals surface area (Å²) in [5.41, 5.74) is 0.693. The van der Waals surface area contributed by atoms with Gasteiger partial charge in [0.1, 0.15) is 4.83 Å². The zero-order chi connectivity index (χ0) is 9.59. The summed E-state index contributed by atoms with van der Waals surface area (Å²) in [4.78, 5) is 11.1. The SMILES string of the molecule is O=C1C2=CC=C(Cl)CC2C(O)C1Br. The number of aliphatic hydroxyl groups is 1. The van der Waals surface area contributed by atoms with Crippen LogP contribution in [0.1, 0.15) is 6.42 Å². The van der Waals surface area contributed by atoms with Gasteiger partial charge >= 0.3 is 0 Å². The molecule has 0 aromatic rings.